The summed E-state index contributed by atoms with van der Waals surface area (Å²) in [6.07, 6.45) is 3.43. The number of ether oxygens (including phenoxy) is 3. The Morgan fingerprint density at radius 3 is 2.66 bits per heavy atom. The number of nitrogens with zero attached hydrogens (tertiary/aromatic N) is 1. The molecule has 11 heteroatoms. The first kappa shape index (κ1) is 25.1. The van der Waals surface area contributed by atoms with Crippen LogP contribution in [0.15, 0.2) is 47.0 Å². The number of furan rings is 1. The fourth-order valence-electron chi connectivity index (χ4n) is 3.35. The Morgan fingerprint density at radius 1 is 1.23 bits per heavy atom. The molecule has 2 N–H and O–H groups in total. The van der Waals surface area contributed by atoms with Crippen LogP contribution in [0.4, 0.5) is 4.79 Å². The van der Waals surface area contributed by atoms with Crippen molar-refractivity contribution in [1.29, 1.82) is 0 Å². The van der Waals surface area contributed by atoms with Crippen molar-refractivity contribution in [1.82, 2.24) is 10.2 Å². The number of aliphatic carboxylic acids is 1. The third-order valence-electron chi connectivity index (χ3n) is 4.79. The summed E-state index contributed by atoms with van der Waals surface area (Å²) in [6.45, 7) is 5.01. The monoisotopic (exact) mass is 484 g/mol. The van der Waals surface area contributed by atoms with Crippen LogP contribution < -0.4 is 14.8 Å². The second kappa shape index (κ2) is 11.1. The highest BCUT2D eigenvalue weighted by Crippen LogP contribution is 2.35. The van der Waals surface area contributed by atoms with Gasteiger partial charge in [-0.05, 0) is 49.2 Å². The van der Waals surface area contributed by atoms with Crippen LogP contribution in [0.25, 0.3) is 6.08 Å². The molecule has 1 aliphatic heterocycles. The zero-order valence-corrected chi connectivity index (χ0v) is 19.2. The molecule has 184 valence electrons. The number of benzene rings is 1. The van der Waals surface area contributed by atoms with Crippen molar-refractivity contribution in [3.63, 3.8) is 0 Å². The Hall–Kier alpha value is -4.54. The number of nitrogens with one attached hydrogen (secondary N) is 1. The third-order valence-corrected chi connectivity index (χ3v) is 4.79. The fourth-order valence-corrected chi connectivity index (χ4v) is 3.35. The Morgan fingerprint density at radius 2 is 2.00 bits per heavy atom. The summed E-state index contributed by atoms with van der Waals surface area (Å²) in [4.78, 5) is 48.8. The van der Waals surface area contributed by atoms with Gasteiger partial charge in [-0.3, -0.25) is 9.69 Å². The lowest BCUT2D eigenvalue weighted by molar-refractivity contribution is -0.139. The highest BCUT2D eigenvalue weighted by molar-refractivity contribution is 6.13. The maximum atomic E-state index is 12.9. The summed E-state index contributed by atoms with van der Waals surface area (Å²) >= 11 is 0. The number of carbonyl (C=O) groups excluding carboxylic acids is 3. The molecule has 3 rings (SSSR count). The van der Waals surface area contributed by atoms with Crippen LogP contribution in [0.1, 0.15) is 34.4 Å². The Balaban J connectivity index is 1.88. The van der Waals surface area contributed by atoms with Crippen molar-refractivity contribution in [3.8, 4) is 11.5 Å². The molecular formula is C24H24N2O9. The molecule has 0 saturated carbocycles. The first-order chi connectivity index (χ1) is 16.8. The van der Waals surface area contributed by atoms with Gasteiger partial charge in [-0.15, -0.1) is 6.58 Å². The van der Waals surface area contributed by atoms with E-state index in [2.05, 4.69) is 16.6 Å². The van der Waals surface area contributed by atoms with Crippen LogP contribution in [0, 0.1) is 0 Å². The van der Waals surface area contributed by atoms with Gasteiger partial charge in [-0.1, -0.05) is 6.08 Å². The van der Waals surface area contributed by atoms with E-state index in [1.165, 1.54) is 25.3 Å². The zero-order chi connectivity index (χ0) is 25.5. The van der Waals surface area contributed by atoms with Crippen LogP contribution >= 0.6 is 0 Å². The smallest absolute Gasteiger partial charge is 0.373 e. The predicted molar refractivity (Wildman–Crippen MR) is 122 cm³/mol. The van der Waals surface area contributed by atoms with Gasteiger partial charge in [0.25, 0.3) is 5.91 Å². The number of carbonyl (C=O) groups is 4. The summed E-state index contributed by atoms with van der Waals surface area (Å²) in [5.74, 6) is -1.68. The van der Waals surface area contributed by atoms with E-state index in [1.807, 2.05) is 0 Å². The van der Waals surface area contributed by atoms with Gasteiger partial charge in [-0.25, -0.2) is 14.4 Å². The number of esters is 1. The number of carboxylic acid groups (broad SMARTS) is 1. The number of rotatable bonds is 11. The minimum atomic E-state index is -1.14. The molecule has 35 heavy (non-hydrogen) atoms. The van der Waals surface area contributed by atoms with Crippen molar-refractivity contribution in [2.75, 3.05) is 20.3 Å². The maximum Gasteiger partial charge on any atom is 0.373 e. The van der Waals surface area contributed by atoms with Crippen molar-refractivity contribution in [2.24, 2.45) is 0 Å². The number of allylic oxidation sites excluding steroid dienone is 1. The molecule has 2 aromatic rings. The number of hydrogen-bond acceptors (Lipinski definition) is 8. The van der Waals surface area contributed by atoms with Crippen LogP contribution in [-0.2, 0) is 27.3 Å². The highest BCUT2D eigenvalue weighted by Gasteiger charge is 2.34. The molecule has 1 aromatic heterocycles. The van der Waals surface area contributed by atoms with Gasteiger partial charge in [0.1, 0.15) is 11.5 Å². The quantitative estimate of drug-likeness (QED) is 0.213. The summed E-state index contributed by atoms with van der Waals surface area (Å²) < 4.78 is 21.0. The summed E-state index contributed by atoms with van der Waals surface area (Å²) in [5.41, 5.74) is 1.13. The summed E-state index contributed by atoms with van der Waals surface area (Å²) in [6, 6.07) is 5.47. The van der Waals surface area contributed by atoms with Crippen molar-refractivity contribution >= 4 is 30.0 Å². The Kier molecular flexibility index (Phi) is 7.92. The van der Waals surface area contributed by atoms with E-state index < -0.39 is 30.5 Å². The molecule has 2 heterocycles. The lowest BCUT2D eigenvalue weighted by Crippen LogP contribution is -2.30. The molecule has 0 atom stereocenters. The number of hydrogen-bond donors (Lipinski definition) is 2. The van der Waals surface area contributed by atoms with Crippen LogP contribution in [0.2, 0.25) is 0 Å². The fraction of sp³-hybridized carbons (Fsp3) is 0.250. The van der Waals surface area contributed by atoms with E-state index in [4.69, 9.17) is 19.0 Å². The van der Waals surface area contributed by atoms with E-state index in [1.54, 1.807) is 25.1 Å². The summed E-state index contributed by atoms with van der Waals surface area (Å²) in [5, 5.41) is 11.5. The van der Waals surface area contributed by atoms with E-state index in [-0.39, 0.29) is 36.1 Å². The van der Waals surface area contributed by atoms with Gasteiger partial charge >= 0.3 is 18.0 Å². The molecule has 0 aliphatic carbocycles. The van der Waals surface area contributed by atoms with Crippen molar-refractivity contribution < 1.29 is 42.9 Å². The topological polar surface area (TPSA) is 145 Å². The number of urea groups is 1. The number of methoxy groups -OCH3 is 1. The van der Waals surface area contributed by atoms with E-state index >= 15 is 0 Å². The molecule has 1 aliphatic rings. The Labute approximate surface area is 200 Å². The van der Waals surface area contributed by atoms with Gasteiger partial charge in [0.2, 0.25) is 5.76 Å². The van der Waals surface area contributed by atoms with Gasteiger partial charge < -0.3 is 29.1 Å². The molecular weight excluding hydrogens is 460 g/mol. The molecule has 1 saturated heterocycles. The molecule has 11 nitrogen and oxygen atoms in total. The van der Waals surface area contributed by atoms with E-state index in [0.29, 0.717) is 23.3 Å². The second-order valence-corrected chi connectivity index (χ2v) is 7.25. The normalized spacial score (nSPS) is 14.1. The maximum absolute atomic E-state index is 12.9. The molecule has 3 amide bonds. The molecule has 1 fully saturated rings. The van der Waals surface area contributed by atoms with Gasteiger partial charge in [-0.2, -0.15) is 0 Å². The first-order valence-corrected chi connectivity index (χ1v) is 10.5. The number of amides is 3. The van der Waals surface area contributed by atoms with Crippen LogP contribution in [-0.4, -0.2) is 54.2 Å². The van der Waals surface area contributed by atoms with Crippen molar-refractivity contribution in [3.05, 3.63) is 65.3 Å². The third kappa shape index (κ3) is 5.88. The van der Waals surface area contributed by atoms with Crippen LogP contribution in [0.5, 0.6) is 11.5 Å². The molecule has 0 unspecified atom stereocenters. The van der Waals surface area contributed by atoms with Gasteiger partial charge in [0, 0.05) is 5.56 Å². The molecule has 1 aromatic carbocycles. The molecule has 0 spiro atoms. The summed E-state index contributed by atoms with van der Waals surface area (Å²) in [7, 11) is 1.21. The first-order valence-electron chi connectivity index (χ1n) is 10.5. The minimum absolute atomic E-state index is 0.0148. The second-order valence-electron chi connectivity index (χ2n) is 7.25. The molecule has 0 radical (unpaired) electrons. The van der Waals surface area contributed by atoms with E-state index in [0.717, 1.165) is 4.90 Å². The highest BCUT2D eigenvalue weighted by atomic mass is 16.5. The van der Waals surface area contributed by atoms with Gasteiger partial charge in [0.15, 0.2) is 18.1 Å². The number of carboxylic acids is 1. The van der Waals surface area contributed by atoms with Crippen molar-refractivity contribution in [2.45, 2.75) is 19.9 Å². The average molecular weight is 484 g/mol. The van der Waals surface area contributed by atoms with Crippen LogP contribution in [0.3, 0.4) is 0 Å². The lowest BCUT2D eigenvalue weighted by Gasteiger charge is -2.16. The lowest BCUT2D eigenvalue weighted by atomic mass is 10.0. The molecule has 0 bridgehead atoms. The minimum Gasteiger partial charge on any atom is -0.490 e. The van der Waals surface area contributed by atoms with E-state index in [9.17, 15) is 19.2 Å². The standard InChI is InChI=1S/C24H24N2O9/c1-4-6-15-9-14(11-19(33-5-2)21(15)34-13-20(27)28)10-17-22(29)26(24(31)25-17)12-16-7-8-18(35-16)23(30)32-3/h4,7-11H,1,5-6,12-13H2,2-3H3,(H,25,31)(H,27,28)/b17-10-. The SMILES string of the molecule is C=CCc1cc(/C=C2\NC(=O)N(Cc3ccc(C(=O)OC)o3)C2=O)cc(OCC)c1OCC(=O)O. The van der Waals surface area contributed by atoms with Gasteiger partial charge in [0.05, 0.1) is 20.3 Å². The average Bonchev–Trinajstić information content (AvgIpc) is 3.39. The predicted octanol–water partition coefficient (Wildman–Crippen LogP) is 2.75. The number of imide groups is 1. The largest absolute Gasteiger partial charge is 0.490 e. The Bertz CT molecular complexity index is 1200. The zero-order valence-electron chi connectivity index (χ0n) is 19.2.